The molecule has 1 amide bonds. The fourth-order valence-corrected chi connectivity index (χ4v) is 1.41. The second-order valence-electron chi connectivity index (χ2n) is 3.91. The van der Waals surface area contributed by atoms with E-state index >= 15 is 0 Å². The van der Waals surface area contributed by atoms with Crippen LogP contribution in [0.4, 0.5) is 0 Å². The molecular formula is C12H18N2O2. The molecule has 0 radical (unpaired) electrons. The number of aromatic hydroxyl groups is 1. The number of nitrogens with one attached hydrogen (secondary N) is 1. The van der Waals surface area contributed by atoms with Gasteiger partial charge in [0.2, 0.25) is 0 Å². The largest absolute Gasteiger partial charge is 0.507 e. The van der Waals surface area contributed by atoms with Gasteiger partial charge >= 0.3 is 0 Å². The van der Waals surface area contributed by atoms with E-state index in [1.54, 1.807) is 18.2 Å². The summed E-state index contributed by atoms with van der Waals surface area (Å²) in [4.78, 5) is 11.7. The highest BCUT2D eigenvalue weighted by molar-refractivity contribution is 5.96. The summed E-state index contributed by atoms with van der Waals surface area (Å²) < 4.78 is 0. The number of nitrogens with two attached hydrogens (primary N) is 1. The first-order valence-electron chi connectivity index (χ1n) is 5.41. The van der Waals surface area contributed by atoms with Gasteiger partial charge in [0.25, 0.3) is 5.91 Å². The molecule has 0 heterocycles. The first kappa shape index (κ1) is 12.5. The molecule has 0 spiro atoms. The average molecular weight is 222 g/mol. The van der Waals surface area contributed by atoms with Gasteiger partial charge in [0, 0.05) is 6.54 Å². The molecule has 0 saturated carbocycles. The van der Waals surface area contributed by atoms with Crippen LogP contribution in [0.1, 0.15) is 23.7 Å². The van der Waals surface area contributed by atoms with E-state index in [-0.39, 0.29) is 11.7 Å². The molecule has 4 heteroatoms. The third kappa shape index (κ3) is 3.55. The third-order valence-corrected chi connectivity index (χ3v) is 2.42. The summed E-state index contributed by atoms with van der Waals surface area (Å²) in [5.41, 5.74) is 5.73. The second kappa shape index (κ2) is 6.12. The maximum absolute atomic E-state index is 11.7. The molecule has 0 aliphatic carbocycles. The van der Waals surface area contributed by atoms with Crippen LogP contribution in [0, 0.1) is 5.92 Å². The van der Waals surface area contributed by atoms with Gasteiger partial charge in [-0.1, -0.05) is 19.1 Å². The van der Waals surface area contributed by atoms with Crippen LogP contribution in [0.2, 0.25) is 0 Å². The highest BCUT2D eigenvalue weighted by atomic mass is 16.3. The summed E-state index contributed by atoms with van der Waals surface area (Å²) in [6.45, 7) is 3.22. The summed E-state index contributed by atoms with van der Waals surface area (Å²) in [6.07, 6.45) is 0.876. The normalized spacial score (nSPS) is 12.1. The Bertz CT molecular complexity index is 353. The Hall–Kier alpha value is -1.55. The molecule has 16 heavy (non-hydrogen) atoms. The molecule has 1 atom stereocenters. The Morgan fingerprint density at radius 1 is 1.50 bits per heavy atom. The number of carbonyl (C=O) groups is 1. The first-order chi connectivity index (χ1) is 7.65. The number of rotatable bonds is 5. The molecule has 4 nitrogen and oxygen atoms in total. The molecule has 1 rings (SSSR count). The number of amides is 1. The number of phenols is 1. The molecule has 1 aromatic rings. The number of benzene rings is 1. The van der Waals surface area contributed by atoms with Crippen LogP contribution in [0.3, 0.4) is 0 Å². The summed E-state index contributed by atoms with van der Waals surface area (Å²) in [7, 11) is 0. The Labute approximate surface area is 95.5 Å². The van der Waals surface area contributed by atoms with Crippen molar-refractivity contribution in [2.24, 2.45) is 11.7 Å². The van der Waals surface area contributed by atoms with Crippen LogP contribution >= 0.6 is 0 Å². The van der Waals surface area contributed by atoms with Gasteiger partial charge in [-0.05, 0) is 31.0 Å². The summed E-state index contributed by atoms with van der Waals surface area (Å²) >= 11 is 0. The maximum Gasteiger partial charge on any atom is 0.255 e. The van der Waals surface area contributed by atoms with Crippen molar-refractivity contribution >= 4 is 5.91 Å². The lowest BCUT2D eigenvalue weighted by molar-refractivity contribution is 0.0945. The van der Waals surface area contributed by atoms with E-state index < -0.39 is 0 Å². The molecule has 0 aromatic heterocycles. The van der Waals surface area contributed by atoms with Gasteiger partial charge in [0.15, 0.2) is 0 Å². The quantitative estimate of drug-likeness (QED) is 0.698. The zero-order chi connectivity index (χ0) is 12.0. The van der Waals surface area contributed by atoms with Gasteiger partial charge in [-0.15, -0.1) is 0 Å². The van der Waals surface area contributed by atoms with Crippen molar-refractivity contribution in [3.05, 3.63) is 29.8 Å². The number of hydrogen-bond acceptors (Lipinski definition) is 3. The fourth-order valence-electron chi connectivity index (χ4n) is 1.41. The molecule has 0 bridgehead atoms. The number of phenolic OH excluding ortho intramolecular Hbond substituents is 1. The van der Waals surface area contributed by atoms with Crippen LogP contribution in [0.5, 0.6) is 5.75 Å². The topological polar surface area (TPSA) is 75.3 Å². The minimum atomic E-state index is -0.248. The zero-order valence-corrected chi connectivity index (χ0v) is 9.44. The van der Waals surface area contributed by atoms with Crippen molar-refractivity contribution in [2.45, 2.75) is 13.3 Å². The number of para-hydroxylation sites is 1. The molecular weight excluding hydrogens is 204 g/mol. The van der Waals surface area contributed by atoms with Crippen molar-refractivity contribution < 1.29 is 9.90 Å². The SMILES string of the molecule is CC(CCN)CNC(=O)c1ccccc1O. The van der Waals surface area contributed by atoms with Crippen LogP contribution in [0.15, 0.2) is 24.3 Å². The van der Waals surface area contributed by atoms with E-state index in [9.17, 15) is 9.90 Å². The molecule has 0 saturated heterocycles. The molecule has 0 aliphatic heterocycles. The fraction of sp³-hybridized carbons (Fsp3) is 0.417. The maximum atomic E-state index is 11.7. The van der Waals surface area contributed by atoms with Crippen molar-refractivity contribution in [3.8, 4) is 5.75 Å². The minimum absolute atomic E-state index is 0.00600. The molecule has 88 valence electrons. The highest BCUT2D eigenvalue weighted by Crippen LogP contribution is 2.15. The summed E-state index contributed by atoms with van der Waals surface area (Å²) in [5, 5.41) is 12.2. The number of hydrogen-bond donors (Lipinski definition) is 3. The minimum Gasteiger partial charge on any atom is -0.507 e. The van der Waals surface area contributed by atoms with E-state index in [2.05, 4.69) is 5.32 Å². The Kier molecular flexibility index (Phi) is 4.79. The second-order valence-corrected chi connectivity index (χ2v) is 3.91. The van der Waals surface area contributed by atoms with Crippen molar-refractivity contribution in [3.63, 3.8) is 0 Å². The third-order valence-electron chi connectivity index (χ3n) is 2.42. The van der Waals surface area contributed by atoms with E-state index in [1.807, 2.05) is 6.92 Å². The van der Waals surface area contributed by atoms with E-state index in [1.165, 1.54) is 6.07 Å². The van der Waals surface area contributed by atoms with Crippen LogP contribution in [-0.2, 0) is 0 Å². The van der Waals surface area contributed by atoms with Gasteiger partial charge < -0.3 is 16.2 Å². The standard InChI is InChI=1S/C12H18N2O2/c1-9(6-7-13)8-14-12(16)10-4-2-3-5-11(10)15/h2-5,9,15H,6-8,13H2,1H3,(H,14,16). The lowest BCUT2D eigenvalue weighted by atomic mass is 10.1. The zero-order valence-electron chi connectivity index (χ0n) is 9.44. The van der Waals surface area contributed by atoms with Crippen molar-refractivity contribution in [1.29, 1.82) is 0 Å². The smallest absolute Gasteiger partial charge is 0.255 e. The summed E-state index contributed by atoms with van der Waals surface area (Å²) in [5.74, 6) is 0.105. The lowest BCUT2D eigenvalue weighted by Crippen LogP contribution is -2.29. The molecule has 0 aliphatic rings. The van der Waals surface area contributed by atoms with Crippen LogP contribution < -0.4 is 11.1 Å². The molecule has 1 unspecified atom stereocenters. The van der Waals surface area contributed by atoms with Gasteiger partial charge in [-0.2, -0.15) is 0 Å². The van der Waals surface area contributed by atoms with Gasteiger partial charge in [0.05, 0.1) is 5.56 Å². The molecule has 4 N–H and O–H groups in total. The lowest BCUT2D eigenvalue weighted by Gasteiger charge is -2.11. The monoisotopic (exact) mass is 222 g/mol. The Balaban J connectivity index is 2.50. The van der Waals surface area contributed by atoms with Crippen LogP contribution in [0.25, 0.3) is 0 Å². The van der Waals surface area contributed by atoms with Gasteiger partial charge in [-0.3, -0.25) is 4.79 Å². The van der Waals surface area contributed by atoms with Gasteiger partial charge in [0.1, 0.15) is 5.75 Å². The van der Waals surface area contributed by atoms with Crippen molar-refractivity contribution in [1.82, 2.24) is 5.32 Å². The van der Waals surface area contributed by atoms with E-state index in [0.717, 1.165) is 6.42 Å². The van der Waals surface area contributed by atoms with Crippen LogP contribution in [-0.4, -0.2) is 24.1 Å². The van der Waals surface area contributed by atoms with Crippen molar-refractivity contribution in [2.75, 3.05) is 13.1 Å². The Morgan fingerprint density at radius 3 is 2.81 bits per heavy atom. The molecule has 1 aromatic carbocycles. The number of carbonyl (C=O) groups excluding carboxylic acids is 1. The predicted octanol–water partition coefficient (Wildman–Crippen LogP) is 1.11. The van der Waals surface area contributed by atoms with E-state index in [0.29, 0.717) is 24.6 Å². The van der Waals surface area contributed by atoms with E-state index in [4.69, 9.17) is 5.73 Å². The first-order valence-corrected chi connectivity index (χ1v) is 5.41. The highest BCUT2D eigenvalue weighted by Gasteiger charge is 2.10. The van der Waals surface area contributed by atoms with Gasteiger partial charge in [-0.25, -0.2) is 0 Å². The predicted molar refractivity (Wildman–Crippen MR) is 63.3 cm³/mol. The summed E-state index contributed by atoms with van der Waals surface area (Å²) in [6, 6.07) is 6.50. The average Bonchev–Trinajstić information content (AvgIpc) is 2.27. The molecule has 0 fully saturated rings. The Morgan fingerprint density at radius 2 is 2.19 bits per heavy atom.